The van der Waals surface area contributed by atoms with Crippen LogP contribution in [-0.4, -0.2) is 32.0 Å². The molecule has 1 N–H and O–H groups in total. The Kier molecular flexibility index (Phi) is 6.20. The predicted molar refractivity (Wildman–Crippen MR) is 117 cm³/mol. The van der Waals surface area contributed by atoms with Crippen molar-refractivity contribution in [3.05, 3.63) is 77.7 Å². The van der Waals surface area contributed by atoms with Crippen LogP contribution in [0.5, 0.6) is 11.5 Å². The van der Waals surface area contributed by atoms with Crippen LogP contribution < -0.4 is 14.8 Å². The van der Waals surface area contributed by atoms with E-state index < -0.39 is 15.9 Å². The molecule has 1 aromatic heterocycles. The van der Waals surface area contributed by atoms with E-state index in [2.05, 4.69) is 5.32 Å². The van der Waals surface area contributed by atoms with Gasteiger partial charge in [-0.25, -0.2) is 8.42 Å². The number of sulfonamides is 1. The highest BCUT2D eigenvalue weighted by Crippen LogP contribution is 2.34. The fraction of sp³-hybridized carbons (Fsp3) is 0.261. The van der Waals surface area contributed by atoms with Gasteiger partial charge in [-0.05, 0) is 55.8 Å². The fourth-order valence-corrected chi connectivity index (χ4v) is 4.74. The number of aryl methyl sites for hydroxylation is 1. The minimum absolute atomic E-state index is 0.0605. The van der Waals surface area contributed by atoms with E-state index in [0.29, 0.717) is 17.3 Å². The number of nitrogens with one attached hydrogen (secondary N) is 1. The van der Waals surface area contributed by atoms with Gasteiger partial charge in [-0.1, -0.05) is 23.8 Å². The average Bonchev–Trinajstić information content (AvgIpc) is 3.44. The molecular weight excluding hydrogens is 432 g/mol. The Morgan fingerprint density at radius 3 is 2.56 bits per heavy atom. The number of fused-ring (bicyclic) bond motifs is 1. The standard InChI is InChI=1S/C23H24N2O6S/c1-16-5-8-20(9-6-16)32(27,28)25(13-19-4-3-11-29-19)14-23(26)24-17(2)18-7-10-21-22(12-18)31-15-30-21/h3-12,17H,13-15H2,1-2H3,(H,24,26). The lowest BCUT2D eigenvalue weighted by Crippen LogP contribution is -2.41. The number of carbonyl (C=O) groups is 1. The number of benzene rings is 2. The van der Waals surface area contributed by atoms with Gasteiger partial charge in [-0.3, -0.25) is 4.79 Å². The zero-order chi connectivity index (χ0) is 22.7. The number of furan rings is 1. The first-order chi connectivity index (χ1) is 15.3. The van der Waals surface area contributed by atoms with Crippen molar-refractivity contribution in [1.29, 1.82) is 0 Å². The first-order valence-corrected chi connectivity index (χ1v) is 11.5. The maximum Gasteiger partial charge on any atom is 0.243 e. The maximum absolute atomic E-state index is 13.3. The van der Waals surface area contributed by atoms with Gasteiger partial charge in [0.2, 0.25) is 22.7 Å². The molecule has 0 bridgehead atoms. The molecule has 3 aromatic rings. The van der Waals surface area contributed by atoms with Crippen LogP contribution >= 0.6 is 0 Å². The fourth-order valence-electron chi connectivity index (χ4n) is 3.37. The Labute approximate surface area is 186 Å². The van der Waals surface area contributed by atoms with Crippen LogP contribution in [0.3, 0.4) is 0 Å². The van der Waals surface area contributed by atoms with Crippen molar-refractivity contribution in [3.8, 4) is 11.5 Å². The van der Waals surface area contributed by atoms with E-state index in [-0.39, 0.29) is 30.8 Å². The Balaban J connectivity index is 1.51. The van der Waals surface area contributed by atoms with E-state index in [0.717, 1.165) is 15.4 Å². The number of amides is 1. The lowest BCUT2D eigenvalue weighted by atomic mass is 10.1. The van der Waals surface area contributed by atoms with Gasteiger partial charge >= 0.3 is 0 Å². The summed E-state index contributed by atoms with van der Waals surface area (Å²) in [6.07, 6.45) is 1.47. The highest BCUT2D eigenvalue weighted by molar-refractivity contribution is 7.89. The highest BCUT2D eigenvalue weighted by atomic mass is 32.2. The monoisotopic (exact) mass is 456 g/mol. The molecule has 168 valence electrons. The summed E-state index contributed by atoms with van der Waals surface area (Å²) in [4.78, 5) is 12.9. The van der Waals surface area contributed by atoms with Crippen LogP contribution in [0.15, 0.2) is 70.2 Å². The van der Waals surface area contributed by atoms with Crippen molar-refractivity contribution in [2.45, 2.75) is 31.3 Å². The molecule has 9 heteroatoms. The summed E-state index contributed by atoms with van der Waals surface area (Å²) >= 11 is 0. The summed E-state index contributed by atoms with van der Waals surface area (Å²) in [5, 5.41) is 2.86. The zero-order valence-electron chi connectivity index (χ0n) is 17.8. The molecule has 8 nitrogen and oxygen atoms in total. The number of hydrogen-bond acceptors (Lipinski definition) is 6. The molecule has 32 heavy (non-hydrogen) atoms. The first-order valence-electron chi connectivity index (χ1n) is 10.1. The van der Waals surface area contributed by atoms with Crippen molar-refractivity contribution >= 4 is 15.9 Å². The van der Waals surface area contributed by atoms with Gasteiger partial charge in [0.1, 0.15) is 5.76 Å². The quantitative estimate of drug-likeness (QED) is 0.558. The second-order valence-corrected chi connectivity index (χ2v) is 9.51. The molecular formula is C23H24N2O6S. The number of rotatable bonds is 8. The second kappa shape index (κ2) is 9.05. The molecule has 0 fully saturated rings. The molecule has 1 unspecified atom stereocenters. The van der Waals surface area contributed by atoms with Gasteiger partial charge in [0.15, 0.2) is 11.5 Å². The van der Waals surface area contributed by atoms with Crippen LogP contribution in [-0.2, 0) is 21.4 Å². The SMILES string of the molecule is Cc1ccc(S(=O)(=O)N(CC(=O)NC(C)c2ccc3c(c2)OCO3)Cc2ccco2)cc1. The van der Waals surface area contributed by atoms with E-state index in [9.17, 15) is 13.2 Å². The topological polar surface area (TPSA) is 98.1 Å². The zero-order valence-corrected chi connectivity index (χ0v) is 18.6. The van der Waals surface area contributed by atoms with Crippen molar-refractivity contribution in [2.75, 3.05) is 13.3 Å². The van der Waals surface area contributed by atoms with Crippen molar-refractivity contribution < 1.29 is 27.1 Å². The lowest BCUT2D eigenvalue weighted by Gasteiger charge is -2.22. The van der Waals surface area contributed by atoms with Crippen molar-refractivity contribution in [1.82, 2.24) is 9.62 Å². The maximum atomic E-state index is 13.3. The Morgan fingerprint density at radius 2 is 1.84 bits per heavy atom. The molecule has 4 rings (SSSR count). The van der Waals surface area contributed by atoms with E-state index in [1.165, 1.54) is 18.4 Å². The first kappa shape index (κ1) is 21.9. The van der Waals surface area contributed by atoms with Crippen molar-refractivity contribution in [3.63, 3.8) is 0 Å². The van der Waals surface area contributed by atoms with Gasteiger partial charge in [0.05, 0.1) is 30.3 Å². The van der Waals surface area contributed by atoms with Crippen LogP contribution in [0.1, 0.15) is 29.9 Å². The Morgan fingerprint density at radius 1 is 1.09 bits per heavy atom. The van der Waals surface area contributed by atoms with Crippen LogP contribution in [0, 0.1) is 6.92 Å². The molecule has 0 saturated carbocycles. The molecule has 1 aliphatic rings. The summed E-state index contributed by atoms with van der Waals surface area (Å²) in [6, 6.07) is 14.9. The minimum atomic E-state index is -3.92. The summed E-state index contributed by atoms with van der Waals surface area (Å²) in [7, 11) is -3.92. The molecule has 0 aliphatic carbocycles. The molecule has 1 amide bonds. The van der Waals surface area contributed by atoms with Crippen LogP contribution in [0.2, 0.25) is 0 Å². The average molecular weight is 457 g/mol. The van der Waals surface area contributed by atoms with Gasteiger partial charge < -0.3 is 19.2 Å². The normalized spacial score (nSPS) is 13.8. The molecule has 0 spiro atoms. The van der Waals surface area contributed by atoms with Gasteiger partial charge in [0.25, 0.3) is 0 Å². The Bertz CT molecular complexity index is 1190. The summed E-state index contributed by atoms with van der Waals surface area (Å²) in [5.41, 5.74) is 1.76. The van der Waals surface area contributed by atoms with Gasteiger partial charge in [-0.2, -0.15) is 4.31 Å². The molecule has 0 saturated heterocycles. The van der Waals surface area contributed by atoms with E-state index in [1.807, 2.05) is 19.9 Å². The lowest BCUT2D eigenvalue weighted by molar-refractivity contribution is -0.122. The molecule has 2 heterocycles. The van der Waals surface area contributed by atoms with Gasteiger partial charge in [0, 0.05) is 0 Å². The third kappa shape index (κ3) is 4.79. The highest BCUT2D eigenvalue weighted by Gasteiger charge is 2.28. The number of nitrogens with zero attached hydrogens (tertiary/aromatic N) is 1. The minimum Gasteiger partial charge on any atom is -0.468 e. The number of ether oxygens (including phenoxy) is 2. The van der Waals surface area contributed by atoms with Gasteiger partial charge in [-0.15, -0.1) is 0 Å². The summed E-state index contributed by atoms with van der Waals surface area (Å²) in [5.74, 6) is 1.28. The second-order valence-electron chi connectivity index (χ2n) is 7.57. The Hall–Kier alpha value is -3.30. The predicted octanol–water partition coefficient (Wildman–Crippen LogP) is 3.39. The van der Waals surface area contributed by atoms with Crippen molar-refractivity contribution in [2.24, 2.45) is 0 Å². The summed E-state index contributed by atoms with van der Waals surface area (Å²) < 4.78 is 43.7. The molecule has 0 radical (unpaired) electrons. The molecule has 1 aliphatic heterocycles. The molecule has 2 aromatic carbocycles. The third-order valence-corrected chi connectivity index (χ3v) is 6.97. The van der Waals surface area contributed by atoms with Crippen LogP contribution in [0.25, 0.3) is 0 Å². The van der Waals surface area contributed by atoms with Crippen LogP contribution in [0.4, 0.5) is 0 Å². The smallest absolute Gasteiger partial charge is 0.243 e. The van der Waals surface area contributed by atoms with E-state index >= 15 is 0 Å². The summed E-state index contributed by atoms with van der Waals surface area (Å²) in [6.45, 7) is 3.45. The number of hydrogen-bond donors (Lipinski definition) is 1. The van der Waals surface area contributed by atoms with E-state index in [4.69, 9.17) is 13.9 Å². The number of carbonyl (C=O) groups excluding carboxylic acids is 1. The molecule has 1 atom stereocenters. The van der Waals surface area contributed by atoms with E-state index in [1.54, 1.807) is 36.4 Å². The largest absolute Gasteiger partial charge is 0.468 e. The third-order valence-electron chi connectivity index (χ3n) is 5.17.